The number of nitrogens with one attached hydrogen (secondary N) is 2. The Bertz CT molecular complexity index is 838. The normalized spacial score (nSPS) is 10.4. The molecule has 0 aliphatic heterocycles. The van der Waals surface area contributed by atoms with E-state index in [-0.39, 0.29) is 5.82 Å². The molecular formula is C17H14ClFN4. The maximum atomic E-state index is 13.3. The van der Waals surface area contributed by atoms with Gasteiger partial charge in [-0.3, -0.25) is 0 Å². The monoisotopic (exact) mass is 328 g/mol. The van der Waals surface area contributed by atoms with E-state index in [1.54, 1.807) is 24.3 Å². The smallest absolute Gasteiger partial charge is 0.229 e. The molecule has 0 saturated heterocycles. The van der Waals surface area contributed by atoms with Crippen LogP contribution in [0.1, 0.15) is 5.69 Å². The van der Waals surface area contributed by atoms with Crippen LogP contribution in [-0.2, 0) is 0 Å². The van der Waals surface area contributed by atoms with Gasteiger partial charge in [0.05, 0.1) is 10.7 Å². The largest absolute Gasteiger partial charge is 0.339 e. The molecule has 1 heterocycles. The molecule has 0 unspecified atom stereocenters. The summed E-state index contributed by atoms with van der Waals surface area (Å²) in [6.07, 6.45) is 0. The summed E-state index contributed by atoms with van der Waals surface area (Å²) in [4.78, 5) is 8.69. The molecule has 0 radical (unpaired) electrons. The van der Waals surface area contributed by atoms with Crippen molar-refractivity contribution in [1.29, 1.82) is 0 Å². The second kappa shape index (κ2) is 6.62. The molecule has 3 rings (SSSR count). The molecule has 0 bridgehead atoms. The third-order valence-electron chi connectivity index (χ3n) is 3.07. The lowest BCUT2D eigenvalue weighted by Gasteiger charge is -2.11. The number of benzene rings is 2. The number of aryl methyl sites for hydroxylation is 1. The molecule has 3 aromatic rings. The van der Waals surface area contributed by atoms with E-state index in [2.05, 4.69) is 20.6 Å². The Kier molecular flexibility index (Phi) is 4.39. The van der Waals surface area contributed by atoms with Crippen molar-refractivity contribution in [2.75, 3.05) is 10.6 Å². The minimum absolute atomic E-state index is 0.322. The topological polar surface area (TPSA) is 49.8 Å². The van der Waals surface area contributed by atoms with Crippen LogP contribution in [0.2, 0.25) is 5.02 Å². The molecule has 4 nitrogen and oxygen atoms in total. The molecule has 0 amide bonds. The lowest BCUT2D eigenvalue weighted by molar-refractivity contribution is 0.628. The van der Waals surface area contributed by atoms with Crippen LogP contribution >= 0.6 is 11.6 Å². The number of nitrogens with zero attached hydrogens (tertiary/aromatic N) is 2. The van der Waals surface area contributed by atoms with E-state index in [1.165, 1.54) is 12.1 Å². The SMILES string of the molecule is Cc1cc(Nc2ccccc2Cl)nc(Nc2cccc(F)c2)n1. The highest BCUT2D eigenvalue weighted by Crippen LogP contribution is 2.25. The third kappa shape index (κ3) is 3.96. The standard InChI is InChI=1S/C17H14ClFN4/c1-11-9-16(22-15-8-3-2-7-14(15)18)23-17(20-11)21-13-6-4-5-12(19)10-13/h2-10H,1H3,(H2,20,21,22,23). The second-order valence-corrected chi connectivity index (χ2v) is 5.37. The predicted octanol–water partition coefficient (Wildman–Crippen LogP) is 5.06. The maximum absolute atomic E-state index is 13.3. The summed E-state index contributed by atoms with van der Waals surface area (Å²) in [5.74, 6) is 0.659. The van der Waals surface area contributed by atoms with Gasteiger partial charge in [-0.1, -0.05) is 29.8 Å². The molecule has 2 aromatic carbocycles. The highest BCUT2D eigenvalue weighted by molar-refractivity contribution is 6.33. The van der Waals surface area contributed by atoms with Gasteiger partial charge in [0, 0.05) is 17.4 Å². The predicted molar refractivity (Wildman–Crippen MR) is 91.2 cm³/mol. The number of hydrogen-bond acceptors (Lipinski definition) is 4. The molecule has 0 aliphatic carbocycles. The molecule has 23 heavy (non-hydrogen) atoms. The van der Waals surface area contributed by atoms with Crippen LogP contribution in [0.15, 0.2) is 54.6 Å². The third-order valence-corrected chi connectivity index (χ3v) is 3.40. The van der Waals surface area contributed by atoms with E-state index in [4.69, 9.17) is 11.6 Å². The maximum Gasteiger partial charge on any atom is 0.229 e. The number of anilines is 4. The summed E-state index contributed by atoms with van der Waals surface area (Å²) in [6, 6.07) is 15.3. The fourth-order valence-corrected chi connectivity index (χ4v) is 2.27. The molecule has 0 saturated carbocycles. The zero-order valence-corrected chi connectivity index (χ0v) is 13.1. The average Bonchev–Trinajstić information content (AvgIpc) is 2.49. The average molecular weight is 329 g/mol. The Morgan fingerprint density at radius 2 is 1.78 bits per heavy atom. The molecule has 1 aromatic heterocycles. The number of aromatic nitrogens is 2. The molecule has 6 heteroatoms. The van der Waals surface area contributed by atoms with E-state index in [0.29, 0.717) is 22.5 Å². The molecule has 0 spiro atoms. The van der Waals surface area contributed by atoms with Gasteiger partial charge >= 0.3 is 0 Å². The number of halogens is 2. The first-order valence-electron chi connectivity index (χ1n) is 7.00. The van der Waals surface area contributed by atoms with Gasteiger partial charge in [0.2, 0.25) is 5.95 Å². The Balaban J connectivity index is 1.86. The van der Waals surface area contributed by atoms with Crippen LogP contribution in [0.4, 0.5) is 27.5 Å². The van der Waals surface area contributed by atoms with Crippen molar-refractivity contribution < 1.29 is 4.39 Å². The summed E-state index contributed by atoms with van der Waals surface area (Å²) in [7, 11) is 0. The van der Waals surface area contributed by atoms with Crippen LogP contribution in [0.3, 0.4) is 0 Å². The van der Waals surface area contributed by atoms with Crippen LogP contribution in [0.25, 0.3) is 0 Å². The van der Waals surface area contributed by atoms with Gasteiger partial charge in [-0.25, -0.2) is 9.37 Å². The highest BCUT2D eigenvalue weighted by atomic mass is 35.5. The van der Waals surface area contributed by atoms with E-state index >= 15 is 0 Å². The van der Waals surface area contributed by atoms with Crippen molar-refractivity contribution in [2.45, 2.75) is 6.92 Å². The van der Waals surface area contributed by atoms with E-state index in [9.17, 15) is 4.39 Å². The van der Waals surface area contributed by atoms with Gasteiger partial charge in [-0.05, 0) is 37.3 Å². The first kappa shape index (κ1) is 15.2. The van der Waals surface area contributed by atoms with Crippen molar-refractivity contribution in [3.63, 3.8) is 0 Å². The quantitative estimate of drug-likeness (QED) is 0.702. The first-order chi connectivity index (χ1) is 11.1. The van der Waals surface area contributed by atoms with Gasteiger partial charge < -0.3 is 10.6 Å². The van der Waals surface area contributed by atoms with E-state index < -0.39 is 0 Å². The van der Waals surface area contributed by atoms with Crippen molar-refractivity contribution in [1.82, 2.24) is 9.97 Å². The molecule has 2 N–H and O–H groups in total. The summed E-state index contributed by atoms with van der Waals surface area (Å²) >= 11 is 6.14. The summed E-state index contributed by atoms with van der Waals surface area (Å²) in [5, 5.41) is 6.74. The molecule has 0 atom stereocenters. The van der Waals surface area contributed by atoms with E-state index in [1.807, 2.05) is 25.1 Å². The summed E-state index contributed by atoms with van der Waals surface area (Å²) < 4.78 is 13.3. The van der Waals surface area contributed by atoms with Crippen molar-refractivity contribution in [3.05, 3.63) is 71.1 Å². The van der Waals surface area contributed by atoms with Crippen LogP contribution in [0.5, 0.6) is 0 Å². The first-order valence-corrected chi connectivity index (χ1v) is 7.38. The fraction of sp³-hybridized carbons (Fsp3) is 0.0588. The minimum atomic E-state index is -0.322. The van der Waals surface area contributed by atoms with Crippen LogP contribution in [-0.4, -0.2) is 9.97 Å². The number of rotatable bonds is 4. The van der Waals surface area contributed by atoms with Gasteiger partial charge in [0.15, 0.2) is 0 Å². The molecular weight excluding hydrogens is 315 g/mol. The molecule has 0 fully saturated rings. The van der Waals surface area contributed by atoms with Gasteiger partial charge in [-0.2, -0.15) is 4.98 Å². The van der Waals surface area contributed by atoms with Crippen molar-refractivity contribution >= 4 is 34.7 Å². The lowest BCUT2D eigenvalue weighted by atomic mass is 10.3. The zero-order chi connectivity index (χ0) is 16.2. The zero-order valence-electron chi connectivity index (χ0n) is 12.3. The van der Waals surface area contributed by atoms with Crippen molar-refractivity contribution in [3.8, 4) is 0 Å². The lowest BCUT2D eigenvalue weighted by Crippen LogP contribution is -2.02. The van der Waals surface area contributed by atoms with Crippen molar-refractivity contribution in [2.24, 2.45) is 0 Å². The minimum Gasteiger partial charge on any atom is -0.339 e. The van der Waals surface area contributed by atoms with Crippen LogP contribution in [0, 0.1) is 12.7 Å². The highest BCUT2D eigenvalue weighted by Gasteiger charge is 2.06. The number of hydrogen-bond donors (Lipinski definition) is 2. The second-order valence-electron chi connectivity index (χ2n) is 4.96. The summed E-state index contributed by atoms with van der Waals surface area (Å²) in [6.45, 7) is 1.86. The van der Waals surface area contributed by atoms with E-state index in [0.717, 1.165) is 11.4 Å². The van der Waals surface area contributed by atoms with Crippen LogP contribution < -0.4 is 10.6 Å². The van der Waals surface area contributed by atoms with Gasteiger partial charge in [-0.15, -0.1) is 0 Å². The van der Waals surface area contributed by atoms with Gasteiger partial charge in [0.1, 0.15) is 11.6 Å². The Labute approximate surface area is 138 Å². The Hall–Kier alpha value is -2.66. The Morgan fingerprint density at radius 1 is 0.957 bits per heavy atom. The van der Waals surface area contributed by atoms with Gasteiger partial charge in [0.25, 0.3) is 0 Å². The molecule has 116 valence electrons. The Morgan fingerprint density at radius 3 is 2.57 bits per heavy atom. The summed E-state index contributed by atoms with van der Waals surface area (Å²) in [5.41, 5.74) is 2.11. The molecule has 0 aliphatic rings. The fourth-order valence-electron chi connectivity index (χ4n) is 2.08. The number of para-hydroxylation sites is 1.